The van der Waals surface area contributed by atoms with Crippen LogP contribution in [0.25, 0.3) is 0 Å². The summed E-state index contributed by atoms with van der Waals surface area (Å²) < 4.78 is 95.3. The molecule has 4 heterocycles. The van der Waals surface area contributed by atoms with E-state index in [-0.39, 0.29) is 77.1 Å². The summed E-state index contributed by atoms with van der Waals surface area (Å²) in [4.78, 5) is 45.3. The van der Waals surface area contributed by atoms with E-state index in [0.29, 0.717) is 35.3 Å². The number of carbonyl (C=O) groups is 3. The van der Waals surface area contributed by atoms with Crippen LogP contribution in [0.5, 0.6) is 5.75 Å². The number of carbonyl (C=O) groups excluding carboxylic acids is 2. The molecule has 0 aliphatic carbocycles. The molecule has 0 saturated carbocycles. The summed E-state index contributed by atoms with van der Waals surface area (Å²) >= 11 is 0.363. The van der Waals surface area contributed by atoms with Crippen LogP contribution in [0, 0.1) is 11.3 Å². The second-order valence-electron chi connectivity index (χ2n) is 13.6. The third kappa shape index (κ3) is 9.07. The number of piperidine rings is 2. The normalized spacial score (nSPS) is 20.1. The maximum atomic E-state index is 15.0. The number of hydrogen-bond donors (Lipinski definition) is 1. The predicted octanol–water partition coefficient (Wildman–Crippen LogP) is 7.87. The molecule has 55 heavy (non-hydrogen) atoms. The number of halogens is 6. The van der Waals surface area contributed by atoms with Crippen molar-refractivity contribution in [1.82, 2.24) is 14.8 Å². The second-order valence-corrected chi connectivity index (χ2v) is 14.5. The van der Waals surface area contributed by atoms with Crippen molar-refractivity contribution in [3.8, 4) is 11.8 Å². The first-order valence-electron chi connectivity index (χ1n) is 17.8. The van der Waals surface area contributed by atoms with Gasteiger partial charge in [0.2, 0.25) is 5.60 Å². The summed E-state index contributed by atoms with van der Waals surface area (Å²) in [6.45, 7) is 2.04. The van der Waals surface area contributed by atoms with Crippen LogP contribution in [0.4, 0.5) is 26.3 Å². The van der Waals surface area contributed by atoms with Gasteiger partial charge in [-0.15, -0.1) is 11.3 Å². The van der Waals surface area contributed by atoms with Gasteiger partial charge in [0, 0.05) is 56.7 Å². The second kappa shape index (κ2) is 17.0. The number of ether oxygens (including phenoxy) is 2. The number of likely N-dealkylation sites (tertiary alicyclic amines) is 2. The van der Waals surface area contributed by atoms with E-state index in [1.807, 2.05) is 0 Å². The highest BCUT2D eigenvalue weighted by molar-refractivity contribution is 7.10. The Hall–Kier alpha value is -4.69. The number of rotatable bonds is 13. The van der Waals surface area contributed by atoms with Gasteiger partial charge in [0.15, 0.2) is 0 Å². The fourth-order valence-corrected chi connectivity index (χ4v) is 8.17. The third-order valence-corrected chi connectivity index (χ3v) is 11.1. The number of nitrogens with zero attached hydrogens (tertiary/aromatic N) is 4. The van der Waals surface area contributed by atoms with Crippen molar-refractivity contribution < 1.29 is 55.3 Å². The molecular weight excluding hydrogens is 754 g/mol. The molecule has 2 aromatic heterocycles. The van der Waals surface area contributed by atoms with E-state index in [1.54, 1.807) is 31.2 Å². The van der Waals surface area contributed by atoms with Crippen molar-refractivity contribution in [2.75, 3.05) is 26.2 Å². The van der Waals surface area contributed by atoms with Crippen LogP contribution in [-0.2, 0) is 38.7 Å². The Morgan fingerprint density at radius 3 is 2.40 bits per heavy atom. The van der Waals surface area contributed by atoms with Gasteiger partial charge in [-0.2, -0.15) is 31.6 Å². The van der Waals surface area contributed by atoms with Crippen LogP contribution in [0.3, 0.4) is 0 Å². The van der Waals surface area contributed by atoms with Crippen molar-refractivity contribution >= 4 is 29.1 Å². The molecule has 2 fully saturated rings. The average Bonchev–Trinajstić information content (AvgIpc) is 3.64. The van der Waals surface area contributed by atoms with Crippen molar-refractivity contribution in [1.29, 1.82) is 5.26 Å². The molecule has 0 spiro atoms. The largest absolute Gasteiger partial charge is 0.481 e. The fraction of sp³-hybridized carbons (Fsp3) is 0.500. The Morgan fingerprint density at radius 2 is 1.76 bits per heavy atom. The van der Waals surface area contributed by atoms with Crippen molar-refractivity contribution in [3.05, 3.63) is 81.3 Å². The van der Waals surface area contributed by atoms with Crippen molar-refractivity contribution in [2.24, 2.45) is 0 Å². The molecule has 3 aromatic rings. The van der Waals surface area contributed by atoms with Crippen molar-refractivity contribution in [3.63, 3.8) is 0 Å². The fourth-order valence-electron chi connectivity index (χ4n) is 7.50. The minimum atomic E-state index is -4.92. The van der Waals surface area contributed by atoms with E-state index in [0.717, 1.165) is 34.7 Å². The smallest absolute Gasteiger partial charge is 0.425 e. The zero-order valence-electron chi connectivity index (χ0n) is 29.9. The number of thiophene rings is 1. The third-order valence-electron chi connectivity index (χ3n) is 10.1. The van der Waals surface area contributed by atoms with Gasteiger partial charge in [-0.05, 0) is 55.4 Å². The highest BCUT2D eigenvalue weighted by Gasteiger charge is 2.57. The lowest BCUT2D eigenvalue weighted by Gasteiger charge is -2.51. The summed E-state index contributed by atoms with van der Waals surface area (Å²) in [5.74, 6) is -2.95. The summed E-state index contributed by atoms with van der Waals surface area (Å²) in [6, 6.07) is 10.9. The summed E-state index contributed by atoms with van der Waals surface area (Å²) in [7, 11) is 0. The lowest BCUT2D eigenvalue weighted by atomic mass is 9.71. The van der Waals surface area contributed by atoms with Gasteiger partial charge in [-0.3, -0.25) is 19.4 Å². The number of carboxylic acid groups (broad SMARTS) is 1. The molecule has 2 atom stereocenters. The van der Waals surface area contributed by atoms with Crippen LogP contribution in [0.2, 0.25) is 0 Å². The standard InChI is InChI=1S/C38H40F6N4O6S/c1-2-8-29-36(54-26-21-30(55-23-26)38(42,43)44,13-7-17-48(29)33(51)32-28(37(39,40)41)11-5-16-46-32)34(52)47-18-14-35(24-45,15-19-47)27-10-4-3-9-25(27)22-53-20-6-12-31(49)50/h3-5,9-11,16,21,23,29H,2,6-8,12-15,17-20,22H2,1H3,(H,49,50). The van der Waals surface area contributed by atoms with Crippen LogP contribution >= 0.6 is 11.3 Å². The molecule has 17 heteroatoms. The molecule has 10 nitrogen and oxygen atoms in total. The Balaban J connectivity index is 1.48. The van der Waals surface area contributed by atoms with Gasteiger partial charge < -0.3 is 24.4 Å². The molecule has 2 unspecified atom stereocenters. The average molecular weight is 795 g/mol. The lowest BCUT2D eigenvalue weighted by Crippen LogP contribution is -2.68. The lowest BCUT2D eigenvalue weighted by molar-refractivity contribution is -0.160. The molecule has 2 amide bonds. The quantitative estimate of drug-likeness (QED) is 0.137. The van der Waals surface area contributed by atoms with E-state index in [1.165, 1.54) is 4.90 Å². The molecule has 1 N–H and O–H groups in total. The minimum absolute atomic E-state index is 0.0218. The molecule has 2 aliphatic rings. The molecule has 296 valence electrons. The van der Waals surface area contributed by atoms with E-state index >= 15 is 0 Å². The number of alkyl halides is 6. The topological polar surface area (TPSA) is 133 Å². The Labute approximate surface area is 317 Å². The maximum Gasteiger partial charge on any atom is 0.425 e. The molecule has 1 aromatic carbocycles. The highest BCUT2D eigenvalue weighted by atomic mass is 32.1. The van der Waals surface area contributed by atoms with E-state index in [2.05, 4.69) is 11.1 Å². The number of aromatic nitrogens is 1. The van der Waals surface area contributed by atoms with Gasteiger partial charge in [-0.1, -0.05) is 37.6 Å². The highest BCUT2D eigenvalue weighted by Crippen LogP contribution is 2.44. The molecule has 5 rings (SSSR count). The molecule has 0 radical (unpaired) electrons. The number of benzene rings is 1. The molecular formula is C38H40F6N4O6S. The number of aliphatic carboxylic acids is 1. The van der Waals surface area contributed by atoms with Crippen LogP contribution in [0.15, 0.2) is 54.0 Å². The number of amides is 2. The number of nitriles is 1. The Bertz CT molecular complexity index is 1890. The van der Waals surface area contributed by atoms with Crippen LogP contribution < -0.4 is 4.74 Å². The van der Waals surface area contributed by atoms with E-state index in [9.17, 15) is 46.0 Å². The summed E-state index contributed by atoms with van der Waals surface area (Å²) in [5, 5.41) is 20.6. The minimum Gasteiger partial charge on any atom is -0.481 e. The molecule has 0 bridgehead atoms. The summed E-state index contributed by atoms with van der Waals surface area (Å²) in [5.41, 5.74) is -3.78. The van der Waals surface area contributed by atoms with Gasteiger partial charge in [-0.25, -0.2) is 0 Å². The van der Waals surface area contributed by atoms with Gasteiger partial charge in [0.1, 0.15) is 16.3 Å². The Morgan fingerprint density at radius 1 is 1.04 bits per heavy atom. The first-order valence-corrected chi connectivity index (χ1v) is 18.7. The van der Waals surface area contributed by atoms with E-state index in [4.69, 9.17) is 14.6 Å². The van der Waals surface area contributed by atoms with Gasteiger partial charge in [0.25, 0.3) is 11.8 Å². The number of hydrogen-bond acceptors (Lipinski definition) is 8. The number of pyridine rings is 1. The first kappa shape index (κ1) is 41.5. The molecule has 2 aliphatic heterocycles. The first-order chi connectivity index (χ1) is 26.1. The molecule has 2 saturated heterocycles. The van der Waals surface area contributed by atoms with Crippen LogP contribution in [-0.4, -0.2) is 75.6 Å². The van der Waals surface area contributed by atoms with Crippen molar-refractivity contribution in [2.45, 2.75) is 94.3 Å². The van der Waals surface area contributed by atoms with Gasteiger partial charge >= 0.3 is 18.3 Å². The maximum absolute atomic E-state index is 15.0. The van der Waals surface area contributed by atoms with E-state index < -0.39 is 63.3 Å². The monoisotopic (exact) mass is 794 g/mol. The zero-order chi connectivity index (χ0) is 40.0. The zero-order valence-corrected chi connectivity index (χ0v) is 30.7. The van der Waals surface area contributed by atoms with Gasteiger partial charge in [0.05, 0.1) is 29.7 Å². The Kier molecular flexibility index (Phi) is 12.8. The SMILES string of the molecule is CCCC1N(C(=O)c2ncccc2C(F)(F)F)CCCC1(Oc1csc(C(F)(F)F)c1)C(=O)N1CCC(C#N)(c2ccccc2COCCCC(=O)O)CC1. The van der Waals surface area contributed by atoms with Crippen LogP contribution in [0.1, 0.15) is 90.3 Å². The number of carboxylic acids is 1. The predicted molar refractivity (Wildman–Crippen MR) is 187 cm³/mol. The summed E-state index contributed by atoms with van der Waals surface area (Å²) in [6.07, 6.45) is -7.58.